The van der Waals surface area contributed by atoms with Crippen molar-refractivity contribution in [1.29, 1.82) is 0 Å². The van der Waals surface area contributed by atoms with Crippen molar-refractivity contribution in [3.05, 3.63) is 52.4 Å². The maximum Gasteiger partial charge on any atom is 0.387 e. The molecule has 8 heteroatoms. The highest BCUT2D eigenvalue weighted by Crippen LogP contribution is 2.27. The van der Waals surface area contributed by atoms with E-state index < -0.39 is 12.6 Å². The molecule has 1 N–H and O–H groups in total. The Morgan fingerprint density at radius 3 is 2.52 bits per heavy atom. The van der Waals surface area contributed by atoms with Crippen molar-refractivity contribution >= 4 is 34.3 Å². The molecule has 0 fully saturated rings. The summed E-state index contributed by atoms with van der Waals surface area (Å²) in [5.74, 6) is -0.795. The normalized spacial score (nSPS) is 10.9. The van der Waals surface area contributed by atoms with E-state index >= 15 is 0 Å². The summed E-state index contributed by atoms with van der Waals surface area (Å²) in [5.41, 5.74) is 1.36. The topological polar surface area (TPSA) is 64.6 Å². The van der Waals surface area contributed by atoms with Crippen molar-refractivity contribution in [3.8, 4) is 5.75 Å². The lowest BCUT2D eigenvalue weighted by molar-refractivity contribution is -0.111. The average Bonchev–Trinajstić information content (AvgIpc) is 2.93. The van der Waals surface area contributed by atoms with Crippen molar-refractivity contribution in [2.75, 3.05) is 12.4 Å². The maximum atomic E-state index is 12.1. The molecule has 1 aromatic heterocycles. The molecule has 0 spiro atoms. The van der Waals surface area contributed by atoms with Crippen molar-refractivity contribution in [1.82, 2.24) is 0 Å². The van der Waals surface area contributed by atoms with Crippen LogP contribution in [0.25, 0.3) is 6.08 Å². The Kier molecular flexibility index (Phi) is 6.24. The Labute approximate surface area is 146 Å². The molecule has 0 aliphatic rings. The largest absolute Gasteiger partial charge is 0.465 e. The second kappa shape index (κ2) is 8.39. The highest BCUT2D eigenvalue weighted by atomic mass is 32.1. The zero-order chi connectivity index (χ0) is 18.4. The molecule has 1 amide bonds. The number of amides is 1. The standard InChI is InChI=1S/C17H15F2NO4S/c1-10-9-14(25-15(10)16(22)23-2)20-13(21)8-5-11-3-6-12(7-4-11)24-17(18)19/h3-9,17H,1-2H3,(H,20,21)/b8-5+. The van der Waals surface area contributed by atoms with Gasteiger partial charge < -0.3 is 14.8 Å². The number of aryl methyl sites for hydroxylation is 1. The first-order chi connectivity index (χ1) is 11.9. The quantitative estimate of drug-likeness (QED) is 0.617. The third kappa shape index (κ3) is 5.39. The van der Waals surface area contributed by atoms with Crippen molar-refractivity contribution < 1.29 is 27.8 Å². The van der Waals surface area contributed by atoms with Gasteiger partial charge in [-0.15, -0.1) is 11.3 Å². The van der Waals surface area contributed by atoms with Gasteiger partial charge in [0.05, 0.1) is 12.1 Å². The van der Waals surface area contributed by atoms with E-state index in [2.05, 4.69) is 14.8 Å². The van der Waals surface area contributed by atoms with Crippen LogP contribution in [0, 0.1) is 6.92 Å². The van der Waals surface area contributed by atoms with Crippen LogP contribution in [0.2, 0.25) is 0 Å². The molecule has 0 atom stereocenters. The van der Waals surface area contributed by atoms with Gasteiger partial charge in [0.15, 0.2) is 0 Å². The first kappa shape index (κ1) is 18.6. The maximum absolute atomic E-state index is 12.1. The highest BCUT2D eigenvalue weighted by molar-refractivity contribution is 7.18. The SMILES string of the molecule is COC(=O)c1sc(NC(=O)/C=C/c2ccc(OC(F)F)cc2)cc1C. The van der Waals surface area contributed by atoms with Gasteiger partial charge in [0.1, 0.15) is 10.6 Å². The van der Waals surface area contributed by atoms with Crippen LogP contribution in [-0.4, -0.2) is 25.6 Å². The number of ether oxygens (including phenoxy) is 2. The van der Waals surface area contributed by atoms with Gasteiger partial charge in [0.25, 0.3) is 0 Å². The zero-order valence-electron chi connectivity index (χ0n) is 13.4. The molecule has 0 bridgehead atoms. The monoisotopic (exact) mass is 367 g/mol. The number of alkyl halides is 2. The Hall–Kier alpha value is -2.74. The predicted octanol–water partition coefficient (Wildman–Crippen LogP) is 4.10. The molecule has 2 aromatic rings. The fourth-order valence-electron chi connectivity index (χ4n) is 1.93. The third-order valence-electron chi connectivity index (χ3n) is 3.07. The van der Waals surface area contributed by atoms with Crippen LogP contribution in [0.5, 0.6) is 5.75 Å². The molecule has 0 aliphatic carbocycles. The van der Waals surface area contributed by atoms with Crippen LogP contribution >= 0.6 is 11.3 Å². The lowest BCUT2D eigenvalue weighted by atomic mass is 10.2. The van der Waals surface area contributed by atoms with Crippen LogP contribution in [0.1, 0.15) is 20.8 Å². The first-order valence-electron chi connectivity index (χ1n) is 7.11. The number of nitrogens with one attached hydrogen (secondary N) is 1. The van der Waals surface area contributed by atoms with Crippen LogP contribution in [0.3, 0.4) is 0 Å². The van der Waals surface area contributed by atoms with Gasteiger partial charge in [0, 0.05) is 6.08 Å². The fraction of sp³-hybridized carbons (Fsp3) is 0.176. The summed E-state index contributed by atoms with van der Waals surface area (Å²) in [5, 5.41) is 3.17. The minimum absolute atomic E-state index is 0.0426. The molecule has 5 nitrogen and oxygen atoms in total. The van der Waals surface area contributed by atoms with E-state index in [0.29, 0.717) is 21.0 Å². The Morgan fingerprint density at radius 1 is 1.24 bits per heavy atom. The van der Waals surface area contributed by atoms with Crippen LogP contribution < -0.4 is 10.1 Å². The van der Waals surface area contributed by atoms with Gasteiger partial charge in [-0.1, -0.05) is 12.1 Å². The second-order valence-electron chi connectivity index (χ2n) is 4.88. The van der Waals surface area contributed by atoms with Crippen molar-refractivity contribution in [2.24, 2.45) is 0 Å². The molecule has 1 aromatic carbocycles. The number of hydrogen-bond donors (Lipinski definition) is 1. The van der Waals surface area contributed by atoms with Gasteiger partial charge in [0.2, 0.25) is 5.91 Å². The van der Waals surface area contributed by atoms with E-state index in [1.165, 1.54) is 31.4 Å². The van der Waals surface area contributed by atoms with E-state index in [-0.39, 0.29) is 11.7 Å². The van der Waals surface area contributed by atoms with Crippen LogP contribution in [0.4, 0.5) is 13.8 Å². The molecule has 2 rings (SSSR count). The molecule has 0 aliphatic heterocycles. The minimum Gasteiger partial charge on any atom is -0.465 e. The summed E-state index contributed by atoms with van der Waals surface area (Å²) in [6.45, 7) is -1.13. The third-order valence-corrected chi connectivity index (χ3v) is 4.20. The Bertz CT molecular complexity index is 784. The first-order valence-corrected chi connectivity index (χ1v) is 7.93. The number of thiophene rings is 1. The van der Waals surface area contributed by atoms with E-state index in [1.54, 1.807) is 25.1 Å². The summed E-state index contributed by atoms with van der Waals surface area (Å²) in [4.78, 5) is 23.9. The average molecular weight is 367 g/mol. The van der Waals surface area contributed by atoms with Crippen LogP contribution in [0.15, 0.2) is 36.4 Å². The Balaban J connectivity index is 1.98. The van der Waals surface area contributed by atoms with Crippen molar-refractivity contribution in [3.63, 3.8) is 0 Å². The lowest BCUT2D eigenvalue weighted by Crippen LogP contribution is -2.06. The molecule has 132 valence electrons. The van der Waals surface area contributed by atoms with Gasteiger partial charge in [-0.3, -0.25) is 4.79 Å². The molecule has 1 heterocycles. The number of rotatable bonds is 6. The highest BCUT2D eigenvalue weighted by Gasteiger charge is 2.14. The van der Waals surface area contributed by atoms with Crippen LogP contribution in [-0.2, 0) is 9.53 Å². The zero-order valence-corrected chi connectivity index (χ0v) is 14.2. The molecule has 25 heavy (non-hydrogen) atoms. The molecule has 0 unspecified atom stereocenters. The van der Waals surface area contributed by atoms with Gasteiger partial charge in [-0.05, 0) is 42.3 Å². The smallest absolute Gasteiger partial charge is 0.387 e. The lowest BCUT2D eigenvalue weighted by Gasteiger charge is -2.03. The van der Waals surface area contributed by atoms with E-state index in [9.17, 15) is 18.4 Å². The van der Waals surface area contributed by atoms with E-state index in [1.807, 2.05) is 0 Å². The second-order valence-corrected chi connectivity index (χ2v) is 5.94. The molecule has 0 radical (unpaired) electrons. The number of esters is 1. The van der Waals surface area contributed by atoms with E-state index in [0.717, 1.165) is 11.3 Å². The van der Waals surface area contributed by atoms with E-state index in [4.69, 9.17) is 0 Å². The Morgan fingerprint density at radius 2 is 1.92 bits per heavy atom. The van der Waals surface area contributed by atoms with Gasteiger partial charge in [-0.25, -0.2) is 4.79 Å². The number of benzene rings is 1. The summed E-state index contributed by atoms with van der Waals surface area (Å²) >= 11 is 1.12. The molecule has 0 saturated carbocycles. The van der Waals surface area contributed by atoms with Gasteiger partial charge >= 0.3 is 12.6 Å². The number of halogens is 2. The minimum atomic E-state index is -2.88. The number of carbonyl (C=O) groups is 2. The molecule has 0 saturated heterocycles. The molecular weight excluding hydrogens is 352 g/mol. The van der Waals surface area contributed by atoms with Crippen molar-refractivity contribution in [2.45, 2.75) is 13.5 Å². The molecular formula is C17H15F2NO4S. The number of methoxy groups -OCH3 is 1. The summed E-state index contributed by atoms with van der Waals surface area (Å²) < 4.78 is 33.0. The summed E-state index contributed by atoms with van der Waals surface area (Å²) in [6, 6.07) is 7.54. The predicted molar refractivity (Wildman–Crippen MR) is 91.1 cm³/mol. The summed E-state index contributed by atoms with van der Waals surface area (Å²) in [7, 11) is 1.29. The number of hydrogen-bond acceptors (Lipinski definition) is 5. The fourth-order valence-corrected chi connectivity index (χ4v) is 2.93. The van der Waals surface area contributed by atoms with Gasteiger partial charge in [-0.2, -0.15) is 8.78 Å². The number of carbonyl (C=O) groups excluding carboxylic acids is 2. The number of anilines is 1. The summed E-state index contributed by atoms with van der Waals surface area (Å²) in [6.07, 6.45) is 2.83.